The van der Waals surface area contributed by atoms with Gasteiger partial charge in [-0.1, -0.05) is 19.9 Å². The largest absolute Gasteiger partial charge is 0.393 e. The van der Waals surface area contributed by atoms with Gasteiger partial charge in [0.1, 0.15) is 5.69 Å². The normalized spacial score (nSPS) is 10.6. The Hall–Kier alpha value is -1.86. The van der Waals surface area contributed by atoms with Gasteiger partial charge in [0.2, 0.25) is 0 Å². The van der Waals surface area contributed by atoms with Crippen LogP contribution in [-0.4, -0.2) is 22.9 Å². The summed E-state index contributed by atoms with van der Waals surface area (Å²) in [5.74, 6) is -0.444. The molecule has 0 aliphatic heterocycles. The molecule has 0 aliphatic rings. The molecule has 0 fully saturated rings. The van der Waals surface area contributed by atoms with Crippen LogP contribution in [0.25, 0.3) is 0 Å². The predicted octanol–water partition coefficient (Wildman–Crippen LogP) is 1.85. The first-order chi connectivity index (χ1) is 9.40. The van der Waals surface area contributed by atoms with Crippen LogP contribution in [-0.2, 0) is 0 Å². The van der Waals surface area contributed by atoms with Crippen molar-refractivity contribution >= 4 is 29.7 Å². The van der Waals surface area contributed by atoms with Gasteiger partial charge in [0.25, 0.3) is 11.6 Å². The lowest BCUT2D eigenvalue weighted by Crippen LogP contribution is -2.53. The maximum absolute atomic E-state index is 12.3. The number of carbonyl (C=O) groups excluding carboxylic acids is 1. The van der Waals surface area contributed by atoms with Gasteiger partial charge in [0.05, 0.1) is 16.0 Å². The Kier molecular flexibility index (Phi) is 7.11. The van der Waals surface area contributed by atoms with Crippen LogP contribution in [0.4, 0.5) is 11.4 Å². The van der Waals surface area contributed by atoms with Gasteiger partial charge < -0.3 is 16.8 Å². The van der Waals surface area contributed by atoms with Crippen molar-refractivity contribution in [1.82, 2.24) is 5.32 Å². The summed E-state index contributed by atoms with van der Waals surface area (Å²) in [5.41, 5.74) is 10.6. The van der Waals surface area contributed by atoms with Crippen LogP contribution >= 0.6 is 12.4 Å². The summed E-state index contributed by atoms with van der Waals surface area (Å²) in [6.45, 7) is 4.14. The Balaban J connectivity index is 0.00000400. The second-order valence-corrected chi connectivity index (χ2v) is 4.64. The number of nitrogens with zero attached hydrogens (tertiary/aromatic N) is 1. The molecule has 21 heavy (non-hydrogen) atoms. The molecule has 118 valence electrons. The van der Waals surface area contributed by atoms with Gasteiger partial charge in [0.15, 0.2) is 0 Å². The number of halogens is 1. The number of nitrogens with two attached hydrogens (primary N) is 2. The number of para-hydroxylation sites is 1. The molecule has 1 amide bonds. The van der Waals surface area contributed by atoms with E-state index >= 15 is 0 Å². The number of benzene rings is 1. The molecule has 0 atom stereocenters. The summed E-state index contributed by atoms with van der Waals surface area (Å²) in [6, 6.07) is 4.16. The first kappa shape index (κ1) is 19.1. The van der Waals surface area contributed by atoms with Gasteiger partial charge >= 0.3 is 0 Å². The van der Waals surface area contributed by atoms with Crippen molar-refractivity contribution in [2.45, 2.75) is 32.2 Å². The minimum atomic E-state index is -0.609. The van der Waals surface area contributed by atoms with E-state index in [0.29, 0.717) is 19.4 Å². The number of hydrogen-bond donors (Lipinski definition) is 3. The third-order valence-electron chi connectivity index (χ3n) is 3.65. The van der Waals surface area contributed by atoms with E-state index < -0.39 is 16.4 Å². The zero-order valence-electron chi connectivity index (χ0n) is 12.1. The number of carbonyl (C=O) groups is 1. The first-order valence-corrected chi connectivity index (χ1v) is 6.46. The van der Waals surface area contributed by atoms with E-state index in [-0.39, 0.29) is 29.3 Å². The van der Waals surface area contributed by atoms with Gasteiger partial charge in [-0.25, -0.2) is 0 Å². The molecular weight excluding hydrogens is 296 g/mol. The highest BCUT2D eigenvalue weighted by Crippen LogP contribution is 2.25. The van der Waals surface area contributed by atoms with E-state index in [1.54, 1.807) is 0 Å². The van der Waals surface area contributed by atoms with Crippen LogP contribution in [0, 0.1) is 10.1 Å². The van der Waals surface area contributed by atoms with Gasteiger partial charge in [-0.05, 0) is 18.9 Å². The van der Waals surface area contributed by atoms with Crippen molar-refractivity contribution in [2.24, 2.45) is 5.73 Å². The van der Waals surface area contributed by atoms with Crippen LogP contribution in [0.1, 0.15) is 37.0 Å². The Bertz CT molecular complexity index is 510. The van der Waals surface area contributed by atoms with Crippen molar-refractivity contribution in [2.75, 3.05) is 12.3 Å². The van der Waals surface area contributed by atoms with Gasteiger partial charge in [-0.2, -0.15) is 0 Å². The Labute approximate surface area is 129 Å². The van der Waals surface area contributed by atoms with Crippen LogP contribution in [0.2, 0.25) is 0 Å². The average molecular weight is 317 g/mol. The average Bonchev–Trinajstić information content (AvgIpc) is 2.44. The standard InChI is InChI=1S/C13H20N4O3.ClH/c1-3-13(4-2,8-14)16-12(18)9-6-5-7-10(11(9)15)17(19)20;/h5-7H,3-4,8,14-15H2,1-2H3,(H,16,18);1H. The number of nitro benzene ring substituents is 1. The number of nitrogen functional groups attached to an aromatic ring is 1. The third kappa shape index (κ3) is 4.05. The maximum Gasteiger partial charge on any atom is 0.292 e. The monoisotopic (exact) mass is 316 g/mol. The number of nitro groups is 1. The summed E-state index contributed by atoms with van der Waals surface area (Å²) >= 11 is 0. The van der Waals surface area contributed by atoms with Gasteiger partial charge in [-0.3, -0.25) is 14.9 Å². The molecular formula is C13H21ClN4O3. The van der Waals surface area contributed by atoms with E-state index in [2.05, 4.69) is 5.32 Å². The molecule has 1 aromatic carbocycles. The lowest BCUT2D eigenvalue weighted by atomic mass is 9.92. The third-order valence-corrected chi connectivity index (χ3v) is 3.65. The van der Waals surface area contributed by atoms with Gasteiger partial charge in [0, 0.05) is 12.6 Å². The van der Waals surface area contributed by atoms with Crippen LogP contribution in [0.3, 0.4) is 0 Å². The summed E-state index contributed by atoms with van der Waals surface area (Å²) in [7, 11) is 0. The molecule has 5 N–H and O–H groups in total. The van der Waals surface area contributed by atoms with Crippen LogP contribution in [0.15, 0.2) is 18.2 Å². The molecule has 0 saturated carbocycles. The lowest BCUT2D eigenvalue weighted by molar-refractivity contribution is -0.383. The maximum atomic E-state index is 12.3. The fourth-order valence-corrected chi connectivity index (χ4v) is 1.98. The molecule has 7 nitrogen and oxygen atoms in total. The summed E-state index contributed by atoms with van der Waals surface area (Å²) in [5, 5.41) is 13.7. The smallest absolute Gasteiger partial charge is 0.292 e. The van der Waals surface area contributed by atoms with E-state index in [9.17, 15) is 14.9 Å². The van der Waals surface area contributed by atoms with Gasteiger partial charge in [-0.15, -0.1) is 12.4 Å². The first-order valence-electron chi connectivity index (χ1n) is 6.46. The Morgan fingerprint density at radius 2 is 1.95 bits per heavy atom. The number of rotatable bonds is 6. The van der Waals surface area contributed by atoms with Crippen molar-refractivity contribution in [3.05, 3.63) is 33.9 Å². The zero-order chi connectivity index (χ0) is 15.3. The Morgan fingerprint density at radius 3 is 2.38 bits per heavy atom. The zero-order valence-corrected chi connectivity index (χ0v) is 12.9. The number of amides is 1. The SMILES string of the molecule is CCC(CC)(CN)NC(=O)c1cccc([N+](=O)[O-])c1N.Cl. The summed E-state index contributed by atoms with van der Waals surface area (Å²) in [4.78, 5) is 22.5. The van der Waals surface area contributed by atoms with Crippen LogP contribution < -0.4 is 16.8 Å². The molecule has 0 unspecified atom stereocenters. The fourth-order valence-electron chi connectivity index (χ4n) is 1.98. The van der Waals surface area contributed by atoms with Crippen molar-refractivity contribution in [3.63, 3.8) is 0 Å². The van der Waals surface area contributed by atoms with E-state index in [1.165, 1.54) is 18.2 Å². The summed E-state index contributed by atoms with van der Waals surface area (Å²) in [6.07, 6.45) is 1.33. The number of nitrogens with one attached hydrogen (secondary N) is 1. The van der Waals surface area contributed by atoms with E-state index in [4.69, 9.17) is 11.5 Å². The molecule has 0 bridgehead atoms. The van der Waals surface area contributed by atoms with E-state index in [1.807, 2.05) is 13.8 Å². The summed E-state index contributed by atoms with van der Waals surface area (Å²) < 4.78 is 0. The van der Waals surface area contributed by atoms with E-state index in [0.717, 1.165) is 0 Å². The van der Waals surface area contributed by atoms with Crippen molar-refractivity contribution in [3.8, 4) is 0 Å². The highest BCUT2D eigenvalue weighted by Gasteiger charge is 2.28. The van der Waals surface area contributed by atoms with Crippen LogP contribution in [0.5, 0.6) is 0 Å². The van der Waals surface area contributed by atoms with Crippen molar-refractivity contribution in [1.29, 1.82) is 0 Å². The second-order valence-electron chi connectivity index (χ2n) is 4.64. The quantitative estimate of drug-likeness (QED) is 0.419. The molecule has 1 aromatic rings. The minimum Gasteiger partial charge on any atom is -0.393 e. The predicted molar refractivity (Wildman–Crippen MR) is 84.6 cm³/mol. The highest BCUT2D eigenvalue weighted by molar-refractivity contribution is 6.01. The molecule has 0 saturated heterocycles. The molecule has 0 aliphatic carbocycles. The topological polar surface area (TPSA) is 124 Å². The Morgan fingerprint density at radius 1 is 1.38 bits per heavy atom. The fraction of sp³-hybridized carbons (Fsp3) is 0.462. The lowest BCUT2D eigenvalue weighted by Gasteiger charge is -2.31. The molecule has 8 heteroatoms. The molecule has 0 heterocycles. The minimum absolute atomic E-state index is 0. The molecule has 1 rings (SSSR count). The number of hydrogen-bond acceptors (Lipinski definition) is 5. The number of anilines is 1. The van der Waals surface area contributed by atoms with Crippen molar-refractivity contribution < 1.29 is 9.72 Å². The molecule has 0 aromatic heterocycles. The molecule has 0 radical (unpaired) electrons. The molecule has 0 spiro atoms. The second kappa shape index (κ2) is 7.80. The highest BCUT2D eigenvalue weighted by atomic mass is 35.5.